The van der Waals surface area contributed by atoms with E-state index in [0.717, 1.165) is 0 Å². The Morgan fingerprint density at radius 2 is 2.10 bits per heavy atom. The summed E-state index contributed by atoms with van der Waals surface area (Å²) in [6, 6.07) is 3.07. The highest BCUT2D eigenvalue weighted by Crippen LogP contribution is 2.06. The van der Waals surface area contributed by atoms with Crippen LogP contribution in [-0.4, -0.2) is 36.0 Å². The lowest BCUT2D eigenvalue weighted by Gasteiger charge is -2.13. The van der Waals surface area contributed by atoms with Crippen LogP contribution in [0.1, 0.15) is 30.3 Å². The molecular weight excluding hydrogens is 264 g/mol. The second-order valence-electron chi connectivity index (χ2n) is 4.34. The molecule has 2 amide bonds. The van der Waals surface area contributed by atoms with Crippen LogP contribution < -0.4 is 10.6 Å². The molecule has 1 aromatic rings. The van der Waals surface area contributed by atoms with Gasteiger partial charge in [0.2, 0.25) is 5.91 Å². The van der Waals surface area contributed by atoms with E-state index in [1.807, 2.05) is 6.92 Å². The Kier molecular flexibility index (Phi) is 6.28. The van der Waals surface area contributed by atoms with Crippen molar-refractivity contribution in [1.29, 1.82) is 0 Å². The van der Waals surface area contributed by atoms with Gasteiger partial charge in [0, 0.05) is 13.0 Å². The molecule has 0 bridgehead atoms. The first kappa shape index (κ1) is 15.7. The van der Waals surface area contributed by atoms with Crippen LogP contribution >= 0.6 is 0 Å². The number of hydrogen-bond donors (Lipinski definition) is 3. The fraction of sp³-hybridized carbons (Fsp3) is 0.462. The van der Waals surface area contributed by atoms with Crippen LogP contribution in [0.3, 0.4) is 0 Å². The number of amides is 2. The van der Waals surface area contributed by atoms with Crippen molar-refractivity contribution in [3.8, 4) is 0 Å². The van der Waals surface area contributed by atoms with Gasteiger partial charge in [-0.15, -0.1) is 0 Å². The van der Waals surface area contributed by atoms with Crippen LogP contribution in [0.5, 0.6) is 0 Å². The van der Waals surface area contributed by atoms with Gasteiger partial charge in [-0.2, -0.15) is 0 Å². The van der Waals surface area contributed by atoms with Crippen molar-refractivity contribution in [1.82, 2.24) is 10.6 Å². The fourth-order valence-corrected chi connectivity index (χ4v) is 1.58. The number of carbonyl (C=O) groups is 3. The van der Waals surface area contributed by atoms with Crippen molar-refractivity contribution >= 4 is 17.8 Å². The van der Waals surface area contributed by atoms with E-state index in [2.05, 4.69) is 10.6 Å². The number of carboxylic acid groups (broad SMARTS) is 1. The van der Waals surface area contributed by atoms with Crippen LogP contribution in [0.25, 0.3) is 0 Å². The number of carbonyl (C=O) groups excluding carboxylic acids is 2. The van der Waals surface area contributed by atoms with E-state index in [4.69, 9.17) is 9.52 Å². The second kappa shape index (κ2) is 7.98. The minimum absolute atomic E-state index is 0.00946. The maximum absolute atomic E-state index is 11.5. The van der Waals surface area contributed by atoms with Gasteiger partial charge < -0.3 is 20.2 Å². The molecule has 1 heterocycles. The molecule has 110 valence electrons. The summed E-state index contributed by atoms with van der Waals surface area (Å²) in [6.45, 7) is 1.96. The lowest BCUT2D eigenvalue weighted by molar-refractivity contribution is -0.138. The van der Waals surface area contributed by atoms with Gasteiger partial charge >= 0.3 is 5.97 Å². The van der Waals surface area contributed by atoms with Gasteiger partial charge in [-0.05, 0) is 18.1 Å². The van der Waals surface area contributed by atoms with Crippen molar-refractivity contribution in [3.63, 3.8) is 0 Å². The maximum atomic E-state index is 11.5. The molecule has 0 spiro atoms. The van der Waals surface area contributed by atoms with Gasteiger partial charge in [0.25, 0.3) is 5.91 Å². The Labute approximate surface area is 116 Å². The summed E-state index contributed by atoms with van der Waals surface area (Å²) in [5.41, 5.74) is 0. The summed E-state index contributed by atoms with van der Waals surface area (Å²) in [4.78, 5) is 33.6. The average molecular weight is 282 g/mol. The molecule has 0 saturated heterocycles. The van der Waals surface area contributed by atoms with E-state index in [9.17, 15) is 14.4 Å². The van der Waals surface area contributed by atoms with Crippen molar-refractivity contribution in [2.24, 2.45) is 5.92 Å². The Morgan fingerprint density at radius 3 is 2.65 bits per heavy atom. The largest absolute Gasteiger partial charge is 0.481 e. The summed E-state index contributed by atoms with van der Waals surface area (Å²) in [5, 5.41) is 13.7. The number of carboxylic acids is 1. The Balaban J connectivity index is 2.26. The monoisotopic (exact) mass is 282 g/mol. The van der Waals surface area contributed by atoms with E-state index in [-0.39, 0.29) is 37.1 Å². The van der Waals surface area contributed by atoms with Gasteiger partial charge in [0.1, 0.15) is 0 Å². The van der Waals surface area contributed by atoms with Crippen LogP contribution in [-0.2, 0) is 9.59 Å². The van der Waals surface area contributed by atoms with E-state index < -0.39 is 11.9 Å². The molecule has 0 aliphatic carbocycles. The lowest BCUT2D eigenvalue weighted by Crippen LogP contribution is -2.39. The average Bonchev–Trinajstić information content (AvgIpc) is 2.94. The van der Waals surface area contributed by atoms with Gasteiger partial charge in [0.05, 0.1) is 12.8 Å². The van der Waals surface area contributed by atoms with E-state index in [1.54, 1.807) is 6.07 Å². The van der Waals surface area contributed by atoms with Crippen molar-refractivity contribution < 1.29 is 23.9 Å². The highest BCUT2D eigenvalue weighted by Gasteiger charge is 2.14. The first-order valence-electron chi connectivity index (χ1n) is 6.33. The molecule has 0 saturated carbocycles. The summed E-state index contributed by atoms with van der Waals surface area (Å²) < 4.78 is 4.88. The van der Waals surface area contributed by atoms with Gasteiger partial charge in [-0.25, -0.2) is 0 Å². The van der Waals surface area contributed by atoms with Crippen molar-refractivity contribution in [2.45, 2.75) is 19.8 Å². The molecule has 0 aliphatic rings. The Morgan fingerprint density at radius 1 is 1.35 bits per heavy atom. The third-order valence-electron chi connectivity index (χ3n) is 2.78. The third-order valence-corrected chi connectivity index (χ3v) is 2.78. The molecule has 0 radical (unpaired) electrons. The molecule has 0 aromatic carbocycles. The third kappa shape index (κ3) is 5.55. The molecule has 3 N–H and O–H groups in total. The maximum Gasteiger partial charge on any atom is 0.303 e. The molecule has 0 aliphatic heterocycles. The molecular formula is C13H18N2O5. The smallest absolute Gasteiger partial charge is 0.303 e. The van der Waals surface area contributed by atoms with Gasteiger partial charge in [-0.1, -0.05) is 13.3 Å². The number of rotatable bonds is 8. The van der Waals surface area contributed by atoms with Crippen LogP contribution in [0.2, 0.25) is 0 Å². The first-order valence-corrected chi connectivity index (χ1v) is 6.33. The minimum atomic E-state index is -0.891. The zero-order valence-electron chi connectivity index (χ0n) is 11.2. The predicted molar refractivity (Wildman–Crippen MR) is 70.1 cm³/mol. The molecule has 7 nitrogen and oxygen atoms in total. The standard InChI is InChI=1S/C13H18N2O5/c1-2-9(6-12(17)18)7-14-11(16)8-15-13(19)10-4-3-5-20-10/h3-5,9H,2,6-8H2,1H3,(H,14,16)(H,15,19)(H,17,18). The molecule has 1 atom stereocenters. The topological polar surface area (TPSA) is 109 Å². The fourth-order valence-electron chi connectivity index (χ4n) is 1.58. The molecule has 7 heteroatoms. The highest BCUT2D eigenvalue weighted by atomic mass is 16.4. The number of hydrogen-bond acceptors (Lipinski definition) is 4. The molecule has 1 rings (SSSR count). The van der Waals surface area contributed by atoms with Crippen molar-refractivity contribution in [2.75, 3.05) is 13.1 Å². The van der Waals surface area contributed by atoms with Gasteiger partial charge in [-0.3, -0.25) is 14.4 Å². The van der Waals surface area contributed by atoms with Crippen LogP contribution in [0.15, 0.2) is 22.8 Å². The molecule has 20 heavy (non-hydrogen) atoms. The number of nitrogens with one attached hydrogen (secondary N) is 2. The SMILES string of the molecule is CCC(CNC(=O)CNC(=O)c1ccco1)CC(=O)O. The van der Waals surface area contributed by atoms with E-state index in [0.29, 0.717) is 6.42 Å². The van der Waals surface area contributed by atoms with Crippen LogP contribution in [0, 0.1) is 5.92 Å². The minimum Gasteiger partial charge on any atom is -0.481 e. The first-order chi connectivity index (χ1) is 9.52. The number of furan rings is 1. The van der Waals surface area contributed by atoms with E-state index in [1.165, 1.54) is 12.3 Å². The van der Waals surface area contributed by atoms with E-state index >= 15 is 0 Å². The predicted octanol–water partition coefficient (Wildman–Crippen LogP) is 0.626. The Bertz CT molecular complexity index is 455. The zero-order chi connectivity index (χ0) is 15.0. The number of aliphatic carboxylic acids is 1. The molecule has 1 unspecified atom stereocenters. The second-order valence-corrected chi connectivity index (χ2v) is 4.34. The van der Waals surface area contributed by atoms with Crippen LogP contribution in [0.4, 0.5) is 0 Å². The summed E-state index contributed by atoms with van der Waals surface area (Å²) in [5.74, 6) is -1.71. The van der Waals surface area contributed by atoms with Gasteiger partial charge in [0.15, 0.2) is 5.76 Å². The normalized spacial score (nSPS) is 11.7. The molecule has 1 aromatic heterocycles. The Hall–Kier alpha value is -2.31. The zero-order valence-corrected chi connectivity index (χ0v) is 11.2. The van der Waals surface area contributed by atoms with Crippen molar-refractivity contribution in [3.05, 3.63) is 24.2 Å². The molecule has 0 fully saturated rings. The summed E-state index contributed by atoms with van der Waals surface area (Å²) in [7, 11) is 0. The quantitative estimate of drug-likeness (QED) is 0.648. The summed E-state index contributed by atoms with van der Waals surface area (Å²) >= 11 is 0. The highest BCUT2D eigenvalue weighted by molar-refractivity contribution is 5.94. The summed E-state index contributed by atoms with van der Waals surface area (Å²) in [6.07, 6.45) is 2.04. The lowest BCUT2D eigenvalue weighted by atomic mass is 10.0.